The lowest BCUT2D eigenvalue weighted by Crippen LogP contribution is -2.11. The van der Waals surface area contributed by atoms with Crippen LogP contribution >= 0.6 is 0 Å². The fourth-order valence-electron chi connectivity index (χ4n) is 1.58. The van der Waals surface area contributed by atoms with Gasteiger partial charge in [-0.2, -0.15) is 0 Å². The first-order valence-corrected chi connectivity index (χ1v) is 5.04. The summed E-state index contributed by atoms with van der Waals surface area (Å²) in [6, 6.07) is 7.89. The van der Waals surface area contributed by atoms with E-state index in [1.54, 1.807) is 6.92 Å². The molecule has 0 spiro atoms. The van der Waals surface area contributed by atoms with E-state index < -0.39 is 0 Å². The first kappa shape index (κ1) is 9.90. The zero-order chi connectivity index (χ0) is 10.8. The molecule has 0 radical (unpaired) electrons. The second-order valence-corrected chi connectivity index (χ2v) is 3.49. The Morgan fingerprint density at radius 1 is 1.47 bits per heavy atom. The Morgan fingerprint density at radius 2 is 2.20 bits per heavy atom. The maximum absolute atomic E-state index is 11.3. The number of carbonyl (C=O) groups is 1. The molecule has 1 heterocycles. The molecule has 1 aromatic carbocycles. The SMILES string of the molecule is CCOC(=O)C1=NC1c1ccccc1C. The van der Waals surface area contributed by atoms with Crippen LogP contribution in [0, 0.1) is 6.92 Å². The summed E-state index contributed by atoms with van der Waals surface area (Å²) in [6.45, 7) is 4.22. The van der Waals surface area contributed by atoms with Gasteiger partial charge in [-0.25, -0.2) is 4.79 Å². The van der Waals surface area contributed by atoms with Gasteiger partial charge in [0.05, 0.1) is 6.61 Å². The minimum absolute atomic E-state index is 0.0646. The Morgan fingerprint density at radius 3 is 2.87 bits per heavy atom. The van der Waals surface area contributed by atoms with Crippen LogP contribution in [0.15, 0.2) is 29.3 Å². The average molecular weight is 203 g/mol. The van der Waals surface area contributed by atoms with Crippen molar-refractivity contribution in [3.05, 3.63) is 35.4 Å². The molecule has 1 aliphatic rings. The molecule has 0 aromatic heterocycles. The van der Waals surface area contributed by atoms with Crippen molar-refractivity contribution in [3.8, 4) is 0 Å². The first-order chi connectivity index (χ1) is 7.24. The highest BCUT2D eigenvalue weighted by Gasteiger charge is 2.37. The van der Waals surface area contributed by atoms with Crippen molar-refractivity contribution < 1.29 is 9.53 Å². The highest BCUT2D eigenvalue weighted by molar-refractivity contribution is 6.44. The fraction of sp³-hybridized carbons (Fsp3) is 0.333. The molecule has 0 bridgehead atoms. The third kappa shape index (κ3) is 1.91. The van der Waals surface area contributed by atoms with Gasteiger partial charge < -0.3 is 4.74 Å². The number of rotatable bonds is 3. The number of aliphatic imine (C=N–C) groups is 1. The zero-order valence-corrected chi connectivity index (χ0v) is 8.86. The van der Waals surface area contributed by atoms with Gasteiger partial charge in [0, 0.05) is 0 Å². The summed E-state index contributed by atoms with van der Waals surface area (Å²) in [5, 5.41) is 0. The van der Waals surface area contributed by atoms with Crippen LogP contribution in [0.5, 0.6) is 0 Å². The van der Waals surface area contributed by atoms with Crippen LogP contribution in [0.2, 0.25) is 0 Å². The van der Waals surface area contributed by atoms with E-state index in [4.69, 9.17) is 4.74 Å². The van der Waals surface area contributed by atoms with Crippen LogP contribution in [0.1, 0.15) is 24.1 Å². The minimum atomic E-state index is -0.286. The van der Waals surface area contributed by atoms with Gasteiger partial charge in [-0.1, -0.05) is 24.3 Å². The van der Waals surface area contributed by atoms with Gasteiger partial charge >= 0.3 is 5.97 Å². The summed E-state index contributed by atoms with van der Waals surface area (Å²) in [7, 11) is 0. The number of aryl methyl sites for hydroxylation is 1. The van der Waals surface area contributed by atoms with E-state index in [9.17, 15) is 4.79 Å². The predicted octanol–water partition coefficient (Wildman–Crippen LogP) is 2.05. The van der Waals surface area contributed by atoms with E-state index >= 15 is 0 Å². The fourth-order valence-corrected chi connectivity index (χ4v) is 1.58. The monoisotopic (exact) mass is 203 g/mol. The zero-order valence-electron chi connectivity index (χ0n) is 8.86. The van der Waals surface area contributed by atoms with Crippen molar-refractivity contribution in [2.45, 2.75) is 19.9 Å². The molecule has 2 rings (SSSR count). The van der Waals surface area contributed by atoms with Gasteiger partial charge in [0.25, 0.3) is 0 Å². The van der Waals surface area contributed by atoms with Crippen molar-refractivity contribution >= 4 is 11.7 Å². The Balaban J connectivity index is 2.07. The maximum Gasteiger partial charge on any atom is 0.354 e. The van der Waals surface area contributed by atoms with E-state index in [0.717, 1.165) is 11.1 Å². The van der Waals surface area contributed by atoms with Crippen molar-refractivity contribution in [1.29, 1.82) is 0 Å². The van der Waals surface area contributed by atoms with Crippen LogP contribution in [0.25, 0.3) is 0 Å². The first-order valence-electron chi connectivity index (χ1n) is 5.04. The number of esters is 1. The highest BCUT2D eigenvalue weighted by Crippen LogP contribution is 2.33. The van der Waals surface area contributed by atoms with Gasteiger partial charge in [0.15, 0.2) is 5.71 Å². The van der Waals surface area contributed by atoms with Crippen LogP contribution < -0.4 is 0 Å². The topological polar surface area (TPSA) is 38.7 Å². The summed E-state index contributed by atoms with van der Waals surface area (Å²) < 4.78 is 4.89. The third-order valence-corrected chi connectivity index (χ3v) is 2.43. The van der Waals surface area contributed by atoms with Crippen molar-refractivity contribution in [3.63, 3.8) is 0 Å². The van der Waals surface area contributed by atoms with E-state index in [1.165, 1.54) is 0 Å². The van der Waals surface area contributed by atoms with E-state index in [-0.39, 0.29) is 12.0 Å². The number of carbonyl (C=O) groups excluding carboxylic acids is 1. The number of benzene rings is 1. The molecule has 1 aromatic rings. The summed E-state index contributed by atoms with van der Waals surface area (Å²) in [6.07, 6.45) is 0. The molecule has 15 heavy (non-hydrogen) atoms. The quantitative estimate of drug-likeness (QED) is 0.705. The number of nitrogens with zero attached hydrogens (tertiary/aromatic N) is 1. The Bertz CT molecular complexity index is 423. The lowest BCUT2D eigenvalue weighted by atomic mass is 10.0. The third-order valence-electron chi connectivity index (χ3n) is 2.43. The average Bonchev–Trinajstić information content (AvgIpc) is 2.98. The molecule has 0 amide bonds. The van der Waals surface area contributed by atoms with E-state index in [2.05, 4.69) is 4.99 Å². The van der Waals surface area contributed by atoms with Crippen LogP contribution in [0.4, 0.5) is 0 Å². The Labute approximate surface area is 88.8 Å². The van der Waals surface area contributed by atoms with E-state index in [0.29, 0.717) is 12.3 Å². The van der Waals surface area contributed by atoms with Crippen LogP contribution in [0.3, 0.4) is 0 Å². The van der Waals surface area contributed by atoms with Crippen molar-refractivity contribution in [1.82, 2.24) is 0 Å². The molecular formula is C12H13NO2. The van der Waals surface area contributed by atoms with Gasteiger partial charge in [-0.3, -0.25) is 4.99 Å². The number of ether oxygens (including phenoxy) is 1. The standard InChI is InChI=1S/C12H13NO2/c1-3-15-12(14)11-10(13-11)9-7-5-4-6-8(9)2/h4-7,10H,3H2,1-2H3. The van der Waals surface area contributed by atoms with Crippen molar-refractivity contribution in [2.24, 2.45) is 4.99 Å². The smallest absolute Gasteiger partial charge is 0.354 e. The summed E-state index contributed by atoms with van der Waals surface area (Å²) in [4.78, 5) is 15.5. The lowest BCUT2D eigenvalue weighted by Gasteiger charge is -2.02. The van der Waals surface area contributed by atoms with E-state index in [1.807, 2.05) is 31.2 Å². The molecule has 0 aliphatic carbocycles. The molecule has 1 atom stereocenters. The minimum Gasteiger partial charge on any atom is -0.461 e. The Hall–Kier alpha value is -1.64. The molecule has 0 saturated heterocycles. The predicted molar refractivity (Wildman–Crippen MR) is 58.0 cm³/mol. The molecule has 0 N–H and O–H groups in total. The molecule has 78 valence electrons. The molecule has 3 nitrogen and oxygen atoms in total. The lowest BCUT2D eigenvalue weighted by molar-refractivity contribution is -0.134. The summed E-state index contributed by atoms with van der Waals surface area (Å²) >= 11 is 0. The van der Waals surface area contributed by atoms with Crippen molar-refractivity contribution in [2.75, 3.05) is 6.61 Å². The Kier molecular flexibility index (Phi) is 2.54. The van der Waals surface area contributed by atoms with Crippen LogP contribution in [-0.4, -0.2) is 18.3 Å². The molecule has 3 heteroatoms. The summed E-state index contributed by atoms with van der Waals surface area (Å²) in [5.41, 5.74) is 2.80. The highest BCUT2D eigenvalue weighted by atomic mass is 16.5. The number of hydrogen-bond donors (Lipinski definition) is 0. The maximum atomic E-state index is 11.3. The second kappa shape index (κ2) is 3.85. The van der Waals surface area contributed by atoms with Gasteiger partial charge in [0.2, 0.25) is 0 Å². The normalized spacial score (nSPS) is 18.3. The molecule has 1 aliphatic heterocycles. The van der Waals surface area contributed by atoms with Gasteiger partial charge in [0.1, 0.15) is 6.04 Å². The van der Waals surface area contributed by atoms with Gasteiger partial charge in [-0.05, 0) is 25.0 Å². The number of hydrogen-bond acceptors (Lipinski definition) is 3. The molecule has 0 saturated carbocycles. The molecular weight excluding hydrogens is 190 g/mol. The summed E-state index contributed by atoms with van der Waals surface area (Å²) in [5.74, 6) is -0.286. The molecule has 1 unspecified atom stereocenters. The van der Waals surface area contributed by atoms with Gasteiger partial charge in [-0.15, -0.1) is 0 Å². The second-order valence-electron chi connectivity index (χ2n) is 3.49. The molecule has 0 fully saturated rings. The largest absolute Gasteiger partial charge is 0.461 e. The van der Waals surface area contributed by atoms with Crippen LogP contribution in [-0.2, 0) is 9.53 Å².